The van der Waals surface area contributed by atoms with Crippen LogP contribution in [0.15, 0.2) is 46.2 Å². The number of carbonyl (C=O) groups is 1. The summed E-state index contributed by atoms with van der Waals surface area (Å²) < 4.78 is 0. The first kappa shape index (κ1) is 16.7. The minimum Gasteiger partial charge on any atom is -0.328 e. The molecule has 0 aliphatic heterocycles. The van der Waals surface area contributed by atoms with Crippen LogP contribution in [-0.2, 0) is 4.79 Å². The zero-order valence-electron chi connectivity index (χ0n) is 11.3. The molecular weight excluding hydrogens is 346 g/mol. The van der Waals surface area contributed by atoms with Gasteiger partial charge >= 0.3 is 0 Å². The van der Waals surface area contributed by atoms with Crippen molar-refractivity contribution in [2.75, 3.05) is 5.32 Å². The molecule has 23 heavy (non-hydrogen) atoms. The first-order valence-corrected chi connectivity index (χ1v) is 7.22. The molecule has 0 fully saturated rings. The summed E-state index contributed by atoms with van der Waals surface area (Å²) >= 11 is 6.87. The summed E-state index contributed by atoms with van der Waals surface area (Å²) in [4.78, 5) is 31.8. The summed E-state index contributed by atoms with van der Waals surface area (Å²) in [7, 11) is 0. The van der Waals surface area contributed by atoms with Crippen molar-refractivity contribution in [3.63, 3.8) is 0 Å². The molecule has 10 heteroatoms. The third-order valence-corrected chi connectivity index (χ3v) is 4.09. The van der Waals surface area contributed by atoms with Gasteiger partial charge in [-0.05, 0) is 24.3 Å². The van der Waals surface area contributed by atoms with Crippen molar-refractivity contribution in [3.05, 3.63) is 61.6 Å². The van der Waals surface area contributed by atoms with E-state index in [4.69, 9.17) is 11.6 Å². The molecule has 2 aromatic carbocycles. The van der Waals surface area contributed by atoms with Crippen LogP contribution in [0.5, 0.6) is 0 Å². The fourth-order valence-electron chi connectivity index (χ4n) is 1.73. The molecule has 0 atom stereocenters. The number of hydrogen-bond acceptors (Lipinski definition) is 6. The highest BCUT2D eigenvalue weighted by molar-refractivity contribution is 7.99. The van der Waals surface area contributed by atoms with Gasteiger partial charge in [0.25, 0.3) is 11.4 Å². The Hall–Kier alpha value is -2.65. The van der Waals surface area contributed by atoms with Crippen LogP contribution in [0.2, 0.25) is 5.02 Å². The van der Waals surface area contributed by atoms with E-state index in [1.807, 2.05) is 0 Å². The minimum atomic E-state index is -0.708. The van der Waals surface area contributed by atoms with E-state index >= 15 is 0 Å². The molecule has 2 rings (SSSR count). The lowest BCUT2D eigenvalue weighted by Crippen LogP contribution is -1.97. The standard InChI is InChI=1S/C13H8ClN3O5S/c14-8-1-3-10(15-7-18)13(5-8)23-12-4-2-9(16(19)20)6-11(12)17(21)22/h1-7H,(H,15,18). The summed E-state index contributed by atoms with van der Waals surface area (Å²) in [6, 6.07) is 7.99. The van der Waals surface area contributed by atoms with Crippen LogP contribution in [0.25, 0.3) is 0 Å². The highest BCUT2D eigenvalue weighted by atomic mass is 35.5. The van der Waals surface area contributed by atoms with Gasteiger partial charge in [-0.1, -0.05) is 23.4 Å². The Kier molecular flexibility index (Phi) is 5.14. The quantitative estimate of drug-likeness (QED) is 0.478. The molecule has 2 aromatic rings. The average molecular weight is 354 g/mol. The Morgan fingerprint density at radius 1 is 1.04 bits per heavy atom. The van der Waals surface area contributed by atoms with Crippen molar-refractivity contribution in [1.29, 1.82) is 0 Å². The van der Waals surface area contributed by atoms with Crippen LogP contribution in [0.4, 0.5) is 17.1 Å². The van der Waals surface area contributed by atoms with E-state index in [1.165, 1.54) is 18.2 Å². The van der Waals surface area contributed by atoms with Gasteiger partial charge in [0.15, 0.2) is 0 Å². The van der Waals surface area contributed by atoms with Crippen LogP contribution in [0, 0.1) is 20.2 Å². The average Bonchev–Trinajstić information content (AvgIpc) is 2.50. The largest absolute Gasteiger partial charge is 0.328 e. The molecule has 8 nitrogen and oxygen atoms in total. The lowest BCUT2D eigenvalue weighted by molar-refractivity contribution is -0.396. The normalized spacial score (nSPS) is 10.1. The number of non-ortho nitro benzene ring substituents is 1. The van der Waals surface area contributed by atoms with Gasteiger partial charge in [-0.15, -0.1) is 0 Å². The Balaban J connectivity index is 2.47. The third kappa shape index (κ3) is 3.96. The van der Waals surface area contributed by atoms with Gasteiger partial charge in [-0.2, -0.15) is 0 Å². The molecule has 0 radical (unpaired) electrons. The maximum Gasteiger partial charge on any atom is 0.290 e. The Labute approximate surface area is 138 Å². The van der Waals surface area contributed by atoms with Gasteiger partial charge in [0.2, 0.25) is 6.41 Å². The van der Waals surface area contributed by atoms with E-state index in [2.05, 4.69) is 5.32 Å². The van der Waals surface area contributed by atoms with Crippen molar-refractivity contribution >= 4 is 46.8 Å². The summed E-state index contributed by atoms with van der Waals surface area (Å²) in [5.74, 6) is 0. The minimum absolute atomic E-state index is 0.191. The van der Waals surface area contributed by atoms with Crippen molar-refractivity contribution in [2.24, 2.45) is 0 Å². The van der Waals surface area contributed by atoms with E-state index < -0.39 is 15.5 Å². The Morgan fingerprint density at radius 3 is 2.39 bits per heavy atom. The second-order valence-electron chi connectivity index (χ2n) is 4.17. The number of nitro groups is 2. The summed E-state index contributed by atoms with van der Waals surface area (Å²) in [6.45, 7) is 0. The molecule has 1 N–H and O–H groups in total. The van der Waals surface area contributed by atoms with Gasteiger partial charge in [0, 0.05) is 16.0 Å². The number of benzene rings is 2. The van der Waals surface area contributed by atoms with Crippen LogP contribution >= 0.6 is 23.4 Å². The molecule has 0 saturated carbocycles. The zero-order chi connectivity index (χ0) is 17.0. The van der Waals surface area contributed by atoms with Gasteiger partial charge in [0.05, 0.1) is 26.5 Å². The molecule has 0 spiro atoms. The number of nitrogens with one attached hydrogen (secondary N) is 1. The van der Waals surface area contributed by atoms with E-state index in [-0.39, 0.29) is 10.6 Å². The molecule has 0 heterocycles. The maximum atomic E-state index is 11.1. The molecule has 0 aromatic heterocycles. The number of rotatable bonds is 6. The van der Waals surface area contributed by atoms with Crippen molar-refractivity contribution < 1.29 is 14.6 Å². The maximum absolute atomic E-state index is 11.1. The zero-order valence-corrected chi connectivity index (χ0v) is 12.8. The van der Waals surface area contributed by atoms with Gasteiger partial charge in [0.1, 0.15) is 0 Å². The monoisotopic (exact) mass is 353 g/mol. The third-order valence-electron chi connectivity index (χ3n) is 2.73. The molecular formula is C13H8ClN3O5S. The van der Waals surface area contributed by atoms with Crippen LogP contribution in [0.1, 0.15) is 0 Å². The first-order valence-electron chi connectivity index (χ1n) is 6.03. The number of halogens is 1. The molecule has 0 unspecified atom stereocenters. The highest BCUT2D eigenvalue weighted by Gasteiger charge is 2.21. The molecule has 118 valence electrons. The predicted molar refractivity (Wildman–Crippen MR) is 85.0 cm³/mol. The van der Waals surface area contributed by atoms with Crippen molar-refractivity contribution in [2.45, 2.75) is 9.79 Å². The van der Waals surface area contributed by atoms with E-state index in [0.717, 1.165) is 17.8 Å². The van der Waals surface area contributed by atoms with Crippen LogP contribution in [-0.4, -0.2) is 16.3 Å². The topological polar surface area (TPSA) is 115 Å². The van der Waals surface area contributed by atoms with Gasteiger partial charge < -0.3 is 5.32 Å². The smallest absolute Gasteiger partial charge is 0.290 e. The summed E-state index contributed by atoms with van der Waals surface area (Å²) in [5, 5.41) is 24.7. The first-order chi connectivity index (χ1) is 10.9. The number of nitrogens with zero attached hydrogens (tertiary/aromatic N) is 2. The van der Waals surface area contributed by atoms with Crippen molar-refractivity contribution in [3.8, 4) is 0 Å². The van der Waals surface area contributed by atoms with E-state index in [0.29, 0.717) is 22.0 Å². The molecule has 0 aliphatic carbocycles. The second-order valence-corrected chi connectivity index (χ2v) is 5.69. The summed E-state index contributed by atoms with van der Waals surface area (Å²) in [5.41, 5.74) is -0.360. The van der Waals surface area contributed by atoms with Gasteiger partial charge in [-0.3, -0.25) is 25.0 Å². The van der Waals surface area contributed by atoms with E-state index in [1.54, 1.807) is 12.1 Å². The highest BCUT2D eigenvalue weighted by Crippen LogP contribution is 2.40. The number of anilines is 1. The Morgan fingerprint density at radius 2 is 1.78 bits per heavy atom. The molecule has 1 amide bonds. The van der Waals surface area contributed by atoms with Crippen LogP contribution in [0.3, 0.4) is 0 Å². The molecule has 0 saturated heterocycles. The van der Waals surface area contributed by atoms with E-state index in [9.17, 15) is 25.0 Å². The lowest BCUT2D eigenvalue weighted by atomic mass is 10.3. The number of hydrogen-bond donors (Lipinski definition) is 1. The molecule has 0 aliphatic rings. The fourth-order valence-corrected chi connectivity index (χ4v) is 3.00. The van der Waals surface area contributed by atoms with Crippen molar-refractivity contribution in [1.82, 2.24) is 0 Å². The number of nitro benzene ring substituents is 2. The number of amides is 1. The second kappa shape index (κ2) is 7.07. The predicted octanol–water partition coefficient (Wildman–Crippen LogP) is 3.88. The Bertz CT molecular complexity index is 799. The molecule has 0 bridgehead atoms. The number of carbonyl (C=O) groups excluding carboxylic acids is 1. The SMILES string of the molecule is O=CNc1ccc(Cl)cc1Sc1ccc([N+](=O)[O-])cc1[N+](=O)[O-]. The lowest BCUT2D eigenvalue weighted by Gasteiger charge is -2.09. The summed E-state index contributed by atoms with van der Waals surface area (Å²) in [6.07, 6.45) is 0.470. The fraction of sp³-hybridized carbons (Fsp3) is 0. The van der Waals surface area contributed by atoms with Gasteiger partial charge in [-0.25, -0.2) is 0 Å². The van der Waals surface area contributed by atoms with Crippen LogP contribution < -0.4 is 5.32 Å².